The lowest BCUT2D eigenvalue weighted by Crippen LogP contribution is -2.42. The average Bonchev–Trinajstić information content (AvgIpc) is 2.70. The third kappa shape index (κ3) is 5.36. The second kappa shape index (κ2) is 7.10. The zero-order valence-electron chi connectivity index (χ0n) is 12.0. The molecule has 18 heavy (non-hydrogen) atoms. The molecule has 2 N–H and O–H groups in total. The highest BCUT2D eigenvalue weighted by molar-refractivity contribution is 5.75. The highest BCUT2D eigenvalue weighted by atomic mass is 16.3. The summed E-state index contributed by atoms with van der Waals surface area (Å²) >= 11 is 0. The molecule has 1 aliphatic rings. The van der Waals surface area contributed by atoms with Crippen LogP contribution in [0.1, 0.15) is 52.4 Å². The van der Waals surface area contributed by atoms with E-state index in [9.17, 15) is 9.90 Å². The Morgan fingerprint density at radius 1 is 1.39 bits per heavy atom. The van der Waals surface area contributed by atoms with E-state index < -0.39 is 5.60 Å². The molecule has 0 radical (unpaired) electrons. The lowest BCUT2D eigenvalue weighted by atomic mass is 10.0. The van der Waals surface area contributed by atoms with Crippen molar-refractivity contribution in [2.24, 2.45) is 0 Å². The maximum atomic E-state index is 11.9. The Morgan fingerprint density at radius 3 is 2.56 bits per heavy atom. The predicted octanol–water partition coefficient (Wildman–Crippen LogP) is 1.53. The second-order valence-electron chi connectivity index (χ2n) is 5.89. The van der Waals surface area contributed by atoms with Crippen LogP contribution < -0.4 is 5.32 Å². The molecule has 1 amide bonds. The van der Waals surface area contributed by atoms with Crippen LogP contribution in [0, 0.1) is 0 Å². The number of rotatable bonds is 7. The minimum atomic E-state index is -0.624. The fourth-order valence-electron chi connectivity index (χ4n) is 2.54. The second-order valence-corrected chi connectivity index (χ2v) is 5.89. The summed E-state index contributed by atoms with van der Waals surface area (Å²) in [7, 11) is 1.80. The molecule has 0 aromatic carbocycles. The predicted molar refractivity (Wildman–Crippen MR) is 73.4 cm³/mol. The molecule has 4 heteroatoms. The molecule has 1 rings (SSSR count). The van der Waals surface area contributed by atoms with E-state index in [1.807, 2.05) is 0 Å². The summed E-state index contributed by atoms with van der Waals surface area (Å²) in [5, 5.41) is 13.5. The van der Waals surface area contributed by atoms with E-state index in [1.165, 1.54) is 0 Å². The zero-order valence-corrected chi connectivity index (χ0v) is 12.0. The van der Waals surface area contributed by atoms with Crippen LogP contribution in [-0.2, 0) is 4.79 Å². The standard InChI is InChI=1S/C14H28N2O2/c1-12(2)15-10-6-7-13(17)16(3)11-14(18)8-4-5-9-14/h12,15,18H,4-11H2,1-3H3. The summed E-state index contributed by atoms with van der Waals surface area (Å²) in [6.45, 7) is 5.57. The fraction of sp³-hybridized carbons (Fsp3) is 0.929. The van der Waals surface area contributed by atoms with Crippen molar-refractivity contribution < 1.29 is 9.90 Å². The number of hydrogen-bond acceptors (Lipinski definition) is 3. The van der Waals surface area contributed by atoms with E-state index in [4.69, 9.17) is 0 Å². The average molecular weight is 256 g/mol. The monoisotopic (exact) mass is 256 g/mol. The number of nitrogens with one attached hydrogen (secondary N) is 1. The Kier molecular flexibility index (Phi) is 6.09. The van der Waals surface area contributed by atoms with Gasteiger partial charge in [-0.1, -0.05) is 26.7 Å². The van der Waals surface area contributed by atoms with Crippen molar-refractivity contribution >= 4 is 5.91 Å². The molecule has 1 aliphatic carbocycles. The Bertz CT molecular complexity index is 261. The highest BCUT2D eigenvalue weighted by Crippen LogP contribution is 2.29. The van der Waals surface area contributed by atoms with E-state index in [0.717, 1.165) is 38.6 Å². The molecule has 106 valence electrons. The van der Waals surface area contributed by atoms with Crippen molar-refractivity contribution in [2.45, 2.75) is 64.0 Å². The van der Waals surface area contributed by atoms with Gasteiger partial charge in [0.05, 0.1) is 5.60 Å². The molecule has 0 bridgehead atoms. The third-order valence-corrected chi connectivity index (χ3v) is 3.61. The maximum Gasteiger partial charge on any atom is 0.222 e. The quantitative estimate of drug-likeness (QED) is 0.679. The number of likely N-dealkylation sites (N-methyl/N-ethyl adjacent to an activating group) is 1. The van der Waals surface area contributed by atoms with Crippen molar-refractivity contribution in [1.29, 1.82) is 0 Å². The molecule has 0 aliphatic heterocycles. The van der Waals surface area contributed by atoms with Gasteiger partial charge in [-0.2, -0.15) is 0 Å². The number of aliphatic hydroxyl groups is 1. The van der Waals surface area contributed by atoms with Gasteiger partial charge in [0.25, 0.3) is 0 Å². The smallest absolute Gasteiger partial charge is 0.222 e. The molecular weight excluding hydrogens is 228 g/mol. The van der Waals surface area contributed by atoms with E-state index in [0.29, 0.717) is 19.0 Å². The van der Waals surface area contributed by atoms with Gasteiger partial charge in [0, 0.05) is 26.1 Å². The van der Waals surface area contributed by atoms with Crippen LogP contribution in [0.4, 0.5) is 0 Å². The van der Waals surface area contributed by atoms with E-state index in [2.05, 4.69) is 19.2 Å². The number of carbonyl (C=O) groups is 1. The van der Waals surface area contributed by atoms with Crippen molar-refractivity contribution in [2.75, 3.05) is 20.1 Å². The molecule has 0 aromatic rings. The summed E-state index contributed by atoms with van der Waals surface area (Å²) in [4.78, 5) is 13.6. The number of hydrogen-bond donors (Lipinski definition) is 2. The molecule has 4 nitrogen and oxygen atoms in total. The van der Waals surface area contributed by atoms with Crippen LogP contribution in [0.25, 0.3) is 0 Å². The molecule has 1 fully saturated rings. The van der Waals surface area contributed by atoms with Gasteiger partial charge in [0.15, 0.2) is 0 Å². The lowest BCUT2D eigenvalue weighted by molar-refractivity contribution is -0.133. The van der Waals surface area contributed by atoms with Crippen molar-refractivity contribution in [3.8, 4) is 0 Å². The first-order valence-electron chi connectivity index (χ1n) is 7.13. The summed E-state index contributed by atoms with van der Waals surface area (Å²) in [6, 6.07) is 0.469. The summed E-state index contributed by atoms with van der Waals surface area (Å²) in [6.07, 6.45) is 5.25. The van der Waals surface area contributed by atoms with Crippen LogP contribution in [-0.4, -0.2) is 47.7 Å². The number of nitrogens with zero attached hydrogens (tertiary/aromatic N) is 1. The van der Waals surface area contributed by atoms with E-state index in [1.54, 1.807) is 11.9 Å². The van der Waals surface area contributed by atoms with Crippen LogP contribution in [0.3, 0.4) is 0 Å². The molecule has 0 aromatic heterocycles. The van der Waals surface area contributed by atoms with Gasteiger partial charge in [-0.05, 0) is 25.8 Å². The summed E-state index contributed by atoms with van der Waals surface area (Å²) in [5.74, 6) is 0.140. The van der Waals surface area contributed by atoms with Gasteiger partial charge in [-0.15, -0.1) is 0 Å². The van der Waals surface area contributed by atoms with Gasteiger partial charge in [0.2, 0.25) is 5.91 Å². The van der Waals surface area contributed by atoms with Gasteiger partial charge < -0.3 is 15.3 Å². The van der Waals surface area contributed by atoms with Crippen LogP contribution in [0.5, 0.6) is 0 Å². The Morgan fingerprint density at radius 2 is 2.00 bits per heavy atom. The van der Waals surface area contributed by atoms with Crippen molar-refractivity contribution in [3.63, 3.8) is 0 Å². The molecule has 0 unspecified atom stereocenters. The number of amides is 1. The molecule has 0 atom stereocenters. The van der Waals surface area contributed by atoms with Crippen molar-refractivity contribution in [1.82, 2.24) is 10.2 Å². The maximum absolute atomic E-state index is 11.9. The Balaban J connectivity index is 2.20. The minimum absolute atomic E-state index is 0.140. The third-order valence-electron chi connectivity index (χ3n) is 3.61. The molecule has 0 heterocycles. The van der Waals surface area contributed by atoms with Gasteiger partial charge >= 0.3 is 0 Å². The van der Waals surface area contributed by atoms with Crippen LogP contribution in [0.15, 0.2) is 0 Å². The SMILES string of the molecule is CC(C)NCCCC(=O)N(C)CC1(O)CCCC1. The molecule has 1 saturated carbocycles. The van der Waals surface area contributed by atoms with Crippen molar-refractivity contribution in [3.05, 3.63) is 0 Å². The van der Waals surface area contributed by atoms with E-state index >= 15 is 0 Å². The first-order chi connectivity index (χ1) is 8.43. The highest BCUT2D eigenvalue weighted by Gasteiger charge is 2.33. The normalized spacial score (nSPS) is 18.3. The zero-order chi connectivity index (χ0) is 13.6. The van der Waals surface area contributed by atoms with Gasteiger partial charge in [0.1, 0.15) is 0 Å². The first-order valence-corrected chi connectivity index (χ1v) is 7.13. The topological polar surface area (TPSA) is 52.6 Å². The van der Waals surface area contributed by atoms with Crippen LogP contribution in [0.2, 0.25) is 0 Å². The molecule has 0 saturated heterocycles. The molecular formula is C14H28N2O2. The first kappa shape index (κ1) is 15.4. The molecule has 0 spiro atoms. The Labute approximate surface area is 111 Å². The number of carbonyl (C=O) groups excluding carboxylic acids is 1. The largest absolute Gasteiger partial charge is 0.388 e. The summed E-state index contributed by atoms with van der Waals surface area (Å²) in [5.41, 5.74) is -0.624. The lowest BCUT2D eigenvalue weighted by Gasteiger charge is -2.28. The minimum Gasteiger partial charge on any atom is -0.388 e. The van der Waals surface area contributed by atoms with Crippen LogP contribution >= 0.6 is 0 Å². The van der Waals surface area contributed by atoms with E-state index in [-0.39, 0.29) is 5.91 Å². The Hall–Kier alpha value is -0.610. The fourth-order valence-corrected chi connectivity index (χ4v) is 2.54. The van der Waals surface area contributed by atoms with Gasteiger partial charge in [-0.25, -0.2) is 0 Å². The summed E-state index contributed by atoms with van der Waals surface area (Å²) < 4.78 is 0. The van der Waals surface area contributed by atoms with Gasteiger partial charge in [-0.3, -0.25) is 4.79 Å².